The highest BCUT2D eigenvalue weighted by Crippen LogP contribution is 2.35. The van der Waals surface area contributed by atoms with Gasteiger partial charge >= 0.3 is 6.18 Å². The average molecular weight is 530 g/mol. The Labute approximate surface area is 212 Å². The number of ether oxygens (including phenoxy) is 1. The number of benzene rings is 3. The third kappa shape index (κ3) is 6.05. The lowest BCUT2D eigenvalue weighted by atomic mass is 10.1. The molecule has 0 saturated heterocycles. The second kappa shape index (κ2) is 9.81. The molecule has 1 heterocycles. The van der Waals surface area contributed by atoms with Crippen LogP contribution in [0.1, 0.15) is 24.0 Å². The number of nitrogens with zero attached hydrogens (tertiary/aromatic N) is 1. The number of carbonyl (C=O) groups is 2. The highest BCUT2D eigenvalue weighted by atomic mass is 32.1. The molecule has 3 aromatic carbocycles. The Hall–Kier alpha value is -3.99. The van der Waals surface area contributed by atoms with Gasteiger partial charge in [0.2, 0.25) is 11.8 Å². The molecule has 1 aliphatic carbocycles. The van der Waals surface area contributed by atoms with Gasteiger partial charge in [0, 0.05) is 18.1 Å². The van der Waals surface area contributed by atoms with Crippen LogP contribution in [0.2, 0.25) is 0 Å². The third-order valence-electron chi connectivity index (χ3n) is 5.60. The molecule has 2 N–H and O–H groups in total. The smallest absolute Gasteiger partial charge is 0.416 e. The lowest BCUT2D eigenvalue weighted by molar-refractivity contribution is -0.137. The fraction of sp³-hybridized carbons (Fsp3) is 0.192. The molecule has 5 rings (SSSR count). The van der Waals surface area contributed by atoms with E-state index in [1.165, 1.54) is 35.6 Å². The lowest BCUT2D eigenvalue weighted by Gasteiger charge is -2.11. The number of halogens is 4. The van der Waals surface area contributed by atoms with E-state index in [9.17, 15) is 27.2 Å². The third-order valence-corrected chi connectivity index (χ3v) is 6.54. The van der Waals surface area contributed by atoms with Gasteiger partial charge in [-0.1, -0.05) is 29.5 Å². The average Bonchev–Trinajstić information content (AvgIpc) is 3.61. The number of carbonyl (C=O) groups excluding carboxylic acids is 2. The first-order valence-electron chi connectivity index (χ1n) is 11.3. The number of anilines is 2. The number of rotatable bonds is 7. The first-order chi connectivity index (χ1) is 17.6. The number of alkyl halides is 3. The predicted molar refractivity (Wildman–Crippen MR) is 131 cm³/mol. The largest absolute Gasteiger partial charge is 0.457 e. The van der Waals surface area contributed by atoms with Crippen molar-refractivity contribution in [3.8, 4) is 11.5 Å². The predicted octanol–water partition coefficient (Wildman–Crippen LogP) is 6.78. The molecule has 0 radical (unpaired) electrons. The van der Waals surface area contributed by atoms with Gasteiger partial charge in [0.15, 0.2) is 5.13 Å². The highest BCUT2D eigenvalue weighted by molar-refractivity contribution is 7.22. The Morgan fingerprint density at radius 1 is 1.00 bits per heavy atom. The van der Waals surface area contributed by atoms with Gasteiger partial charge in [0.05, 0.1) is 27.9 Å². The summed E-state index contributed by atoms with van der Waals surface area (Å²) < 4.78 is 59.7. The summed E-state index contributed by atoms with van der Waals surface area (Å²) in [6, 6.07) is 13.3. The summed E-state index contributed by atoms with van der Waals surface area (Å²) in [5.74, 6) is -0.708. The van der Waals surface area contributed by atoms with Gasteiger partial charge in [-0.2, -0.15) is 13.2 Å². The van der Waals surface area contributed by atoms with E-state index in [4.69, 9.17) is 4.74 Å². The lowest BCUT2D eigenvalue weighted by Crippen LogP contribution is -2.16. The van der Waals surface area contributed by atoms with Crippen molar-refractivity contribution < 1.29 is 31.9 Å². The van der Waals surface area contributed by atoms with Crippen molar-refractivity contribution >= 4 is 44.2 Å². The summed E-state index contributed by atoms with van der Waals surface area (Å²) in [6.07, 6.45) is -3.12. The molecule has 1 aromatic heterocycles. The summed E-state index contributed by atoms with van der Waals surface area (Å²) in [5.41, 5.74) is -0.205. The van der Waals surface area contributed by atoms with Gasteiger partial charge in [-0.15, -0.1) is 0 Å². The number of nitrogens with one attached hydrogen (secondary N) is 2. The Bertz CT molecular complexity index is 1500. The van der Waals surface area contributed by atoms with Crippen LogP contribution in [0.5, 0.6) is 11.5 Å². The van der Waals surface area contributed by atoms with E-state index in [1.54, 1.807) is 18.2 Å². The molecular formula is C26H19F4N3O3S. The first-order valence-corrected chi connectivity index (χ1v) is 12.1. The maximum absolute atomic E-state index is 14.3. The second-order valence-corrected chi connectivity index (χ2v) is 9.61. The zero-order valence-corrected chi connectivity index (χ0v) is 19.9. The molecule has 190 valence electrons. The van der Waals surface area contributed by atoms with Crippen molar-refractivity contribution in [1.29, 1.82) is 0 Å². The van der Waals surface area contributed by atoms with Gasteiger partial charge < -0.3 is 15.4 Å². The maximum atomic E-state index is 14.3. The number of hydrogen-bond donors (Lipinski definition) is 2. The molecule has 11 heteroatoms. The number of amides is 2. The van der Waals surface area contributed by atoms with Crippen LogP contribution in [0.25, 0.3) is 10.2 Å². The minimum atomic E-state index is -4.53. The molecule has 0 aliphatic heterocycles. The molecule has 6 nitrogen and oxygen atoms in total. The Kier molecular flexibility index (Phi) is 6.55. The molecule has 2 amide bonds. The molecule has 37 heavy (non-hydrogen) atoms. The summed E-state index contributed by atoms with van der Waals surface area (Å²) in [7, 11) is 0. The van der Waals surface area contributed by atoms with E-state index < -0.39 is 23.5 Å². The molecule has 0 atom stereocenters. The number of aromatic nitrogens is 1. The van der Waals surface area contributed by atoms with Gasteiger partial charge in [0.1, 0.15) is 17.3 Å². The van der Waals surface area contributed by atoms with E-state index in [0.717, 1.165) is 35.7 Å². The Morgan fingerprint density at radius 3 is 2.51 bits per heavy atom. The van der Waals surface area contributed by atoms with E-state index >= 15 is 0 Å². The van der Waals surface area contributed by atoms with Crippen molar-refractivity contribution in [1.82, 2.24) is 4.98 Å². The first kappa shape index (κ1) is 24.7. The van der Waals surface area contributed by atoms with Crippen molar-refractivity contribution in [3.05, 3.63) is 77.6 Å². The molecule has 4 aromatic rings. The molecule has 0 spiro atoms. The molecule has 1 saturated carbocycles. The fourth-order valence-corrected chi connectivity index (χ4v) is 4.51. The second-order valence-electron chi connectivity index (χ2n) is 8.58. The highest BCUT2D eigenvalue weighted by Gasteiger charge is 2.31. The minimum Gasteiger partial charge on any atom is -0.457 e. The van der Waals surface area contributed by atoms with Crippen LogP contribution in [-0.4, -0.2) is 16.8 Å². The van der Waals surface area contributed by atoms with Crippen LogP contribution in [0.4, 0.5) is 28.4 Å². The number of fused-ring (bicyclic) bond motifs is 1. The van der Waals surface area contributed by atoms with Crippen LogP contribution in [0, 0.1) is 11.7 Å². The summed E-state index contributed by atoms with van der Waals surface area (Å²) >= 11 is 1.30. The van der Waals surface area contributed by atoms with Crippen LogP contribution in [0.15, 0.2) is 60.7 Å². The van der Waals surface area contributed by atoms with Crippen molar-refractivity contribution in [2.24, 2.45) is 5.92 Å². The fourth-order valence-electron chi connectivity index (χ4n) is 3.61. The van der Waals surface area contributed by atoms with Crippen molar-refractivity contribution in [2.45, 2.75) is 25.4 Å². The quantitative estimate of drug-likeness (QED) is 0.259. The Balaban J connectivity index is 1.26. The van der Waals surface area contributed by atoms with Crippen molar-refractivity contribution in [3.63, 3.8) is 0 Å². The SMILES string of the molecule is O=C(Cc1cccc(C(F)(F)F)c1)Nc1cc(Oc2ccc3nc(NC(=O)C4CC4)sc3c2)ccc1F. The number of hydrogen-bond acceptors (Lipinski definition) is 5. The van der Waals surface area contributed by atoms with Crippen LogP contribution in [-0.2, 0) is 22.2 Å². The topological polar surface area (TPSA) is 80.3 Å². The summed E-state index contributed by atoms with van der Waals surface area (Å²) in [5, 5.41) is 5.69. The zero-order valence-electron chi connectivity index (χ0n) is 19.1. The van der Waals surface area contributed by atoms with Gasteiger partial charge in [-0.05, 0) is 48.7 Å². The van der Waals surface area contributed by atoms with Crippen LogP contribution < -0.4 is 15.4 Å². The van der Waals surface area contributed by atoms with Gasteiger partial charge in [-0.25, -0.2) is 9.37 Å². The molecule has 1 aliphatic rings. The summed E-state index contributed by atoms with van der Waals surface area (Å²) in [6.45, 7) is 0. The van der Waals surface area contributed by atoms with E-state index in [2.05, 4.69) is 15.6 Å². The van der Waals surface area contributed by atoms with Gasteiger partial charge in [-0.3, -0.25) is 9.59 Å². The number of thiazole rings is 1. The van der Waals surface area contributed by atoms with E-state index in [-0.39, 0.29) is 35.2 Å². The van der Waals surface area contributed by atoms with E-state index in [1.807, 2.05) is 0 Å². The van der Waals surface area contributed by atoms with E-state index in [0.29, 0.717) is 16.4 Å². The normalized spacial score (nSPS) is 13.4. The molecule has 0 bridgehead atoms. The summed E-state index contributed by atoms with van der Waals surface area (Å²) in [4.78, 5) is 28.8. The standard InChI is InChI=1S/C26H19F4N3O3S/c27-19-8-6-17(12-21(19)31-23(34)11-14-2-1-3-16(10-14)26(28,29)30)36-18-7-9-20-22(13-18)37-25(32-20)33-24(35)15-4-5-15/h1-3,6-10,12-13,15H,4-5,11H2,(H,31,34)(H,32,33,35). The minimum absolute atomic E-state index is 0.0375. The van der Waals surface area contributed by atoms with Gasteiger partial charge in [0.25, 0.3) is 0 Å². The molecule has 1 fully saturated rings. The van der Waals surface area contributed by atoms with Crippen LogP contribution >= 0.6 is 11.3 Å². The van der Waals surface area contributed by atoms with Crippen molar-refractivity contribution in [2.75, 3.05) is 10.6 Å². The zero-order chi connectivity index (χ0) is 26.2. The molecule has 0 unspecified atom stereocenters. The Morgan fingerprint density at radius 2 is 1.76 bits per heavy atom. The van der Waals surface area contributed by atoms with Crippen LogP contribution in [0.3, 0.4) is 0 Å². The maximum Gasteiger partial charge on any atom is 0.416 e. The molecular weight excluding hydrogens is 510 g/mol. The monoisotopic (exact) mass is 529 g/mol.